The number of hydrogen-bond donors (Lipinski definition) is 3. The predicted octanol–water partition coefficient (Wildman–Crippen LogP) is 0.508. The van der Waals surface area contributed by atoms with Crippen molar-refractivity contribution >= 4 is 24.0 Å². The van der Waals surface area contributed by atoms with Gasteiger partial charge in [-0.15, -0.1) is 12.4 Å². The van der Waals surface area contributed by atoms with Crippen LogP contribution < -0.4 is 16.5 Å². The van der Waals surface area contributed by atoms with E-state index in [1.165, 1.54) is 0 Å². The van der Waals surface area contributed by atoms with E-state index < -0.39 is 5.60 Å². The number of benzene rings is 1. The molecule has 2 heterocycles. The number of carbonyl (C=O) groups excluding carboxylic acids is 1. The van der Waals surface area contributed by atoms with E-state index in [-0.39, 0.29) is 24.4 Å². The lowest BCUT2D eigenvalue weighted by molar-refractivity contribution is -0.120. The molecule has 1 fully saturated rings. The van der Waals surface area contributed by atoms with Gasteiger partial charge >= 0.3 is 0 Å². The summed E-state index contributed by atoms with van der Waals surface area (Å²) in [6.45, 7) is 0.602. The monoisotopic (exact) mass is 255 g/mol. The lowest BCUT2D eigenvalue weighted by Gasteiger charge is -2.20. The molecule has 0 bridgehead atoms. The van der Waals surface area contributed by atoms with Crippen LogP contribution in [0.3, 0.4) is 0 Å². The number of nitrogens with one attached hydrogen (secondary N) is 2. The van der Waals surface area contributed by atoms with Crippen molar-refractivity contribution in [2.45, 2.75) is 18.1 Å². The second-order valence-electron chi connectivity index (χ2n) is 4.28. The molecule has 2 aliphatic heterocycles. The van der Waals surface area contributed by atoms with Crippen molar-refractivity contribution in [2.75, 3.05) is 12.0 Å². The number of nitrogens with two attached hydrogens (primary N) is 1. The summed E-state index contributed by atoms with van der Waals surface area (Å²) in [5, 5.41) is 3.09. The lowest BCUT2D eigenvalue weighted by Crippen LogP contribution is -2.36. The van der Waals surface area contributed by atoms with Crippen molar-refractivity contribution in [3.05, 3.63) is 29.8 Å². The molecule has 0 saturated carbocycles. The predicted molar refractivity (Wildman–Crippen MR) is 65.7 cm³/mol. The topological polar surface area (TPSA) is 76.4 Å². The number of primary amides is 1. The second-order valence-corrected chi connectivity index (χ2v) is 4.28. The Bertz CT molecular complexity index is 454. The molecule has 2 atom stereocenters. The quantitative estimate of drug-likeness (QED) is 0.683. The zero-order valence-electron chi connectivity index (χ0n) is 9.10. The molecule has 1 spiro atoms. The summed E-state index contributed by atoms with van der Waals surface area (Å²) < 4.78 is 0. The highest BCUT2D eigenvalue weighted by Gasteiger charge is 2.48. The smallest absolute Gasteiger partial charge is 0.234 e. The van der Waals surface area contributed by atoms with E-state index in [4.69, 9.17) is 10.6 Å². The van der Waals surface area contributed by atoms with Crippen LogP contribution in [0.5, 0.6) is 0 Å². The number of fused-ring (bicyclic) bond motifs is 2. The fourth-order valence-corrected chi connectivity index (χ4v) is 2.42. The molecule has 5 nitrogen and oxygen atoms in total. The fourth-order valence-electron chi connectivity index (χ4n) is 2.42. The van der Waals surface area contributed by atoms with E-state index in [9.17, 15) is 4.79 Å². The van der Waals surface area contributed by atoms with Crippen LogP contribution in [0.1, 0.15) is 12.0 Å². The Hall–Kier alpha value is -1.30. The van der Waals surface area contributed by atoms with Gasteiger partial charge in [0, 0.05) is 18.5 Å². The van der Waals surface area contributed by atoms with Crippen LogP contribution in [0.15, 0.2) is 24.3 Å². The van der Waals surface area contributed by atoms with Crippen molar-refractivity contribution in [2.24, 2.45) is 5.73 Å². The van der Waals surface area contributed by atoms with Crippen molar-refractivity contribution in [3.63, 3.8) is 0 Å². The highest BCUT2D eigenvalue weighted by Crippen LogP contribution is 2.43. The first kappa shape index (κ1) is 12.2. The molecule has 17 heavy (non-hydrogen) atoms. The minimum absolute atomic E-state index is 0. The van der Waals surface area contributed by atoms with Crippen molar-refractivity contribution < 1.29 is 9.63 Å². The molecule has 4 N–H and O–H groups in total. The SMILES string of the molecule is Cl.NC(=O)[C@@H]1C[C@@]2(CN1)ONc1ccccc12. The van der Waals surface area contributed by atoms with Gasteiger partial charge in [0.25, 0.3) is 0 Å². The Morgan fingerprint density at radius 3 is 2.94 bits per heavy atom. The molecule has 1 amide bonds. The number of rotatable bonds is 1. The third-order valence-electron chi connectivity index (χ3n) is 3.29. The van der Waals surface area contributed by atoms with E-state index >= 15 is 0 Å². The first-order valence-electron chi connectivity index (χ1n) is 5.27. The molecule has 1 aromatic rings. The molecule has 0 aromatic heterocycles. The minimum atomic E-state index is -0.448. The zero-order chi connectivity index (χ0) is 11.2. The number of carbonyl (C=O) groups is 1. The van der Waals surface area contributed by atoms with Gasteiger partial charge in [0.1, 0.15) is 5.60 Å². The number of para-hydroxylation sites is 1. The van der Waals surface area contributed by atoms with Gasteiger partial charge in [-0.1, -0.05) is 18.2 Å². The van der Waals surface area contributed by atoms with Crippen molar-refractivity contribution in [1.29, 1.82) is 0 Å². The average Bonchev–Trinajstić information content (AvgIpc) is 2.87. The van der Waals surface area contributed by atoms with Crippen LogP contribution in [0.2, 0.25) is 0 Å². The first-order valence-corrected chi connectivity index (χ1v) is 5.27. The molecular formula is C11H14ClN3O2. The maximum Gasteiger partial charge on any atom is 0.234 e. The Morgan fingerprint density at radius 2 is 2.24 bits per heavy atom. The molecule has 3 rings (SSSR count). The molecule has 0 unspecified atom stereocenters. The maximum absolute atomic E-state index is 11.1. The fraction of sp³-hybridized carbons (Fsp3) is 0.364. The van der Waals surface area contributed by atoms with Crippen LogP contribution in [0.4, 0.5) is 5.69 Å². The molecule has 0 aliphatic carbocycles. The average molecular weight is 256 g/mol. The molecule has 0 radical (unpaired) electrons. The highest BCUT2D eigenvalue weighted by atomic mass is 35.5. The lowest BCUT2D eigenvalue weighted by atomic mass is 9.91. The van der Waals surface area contributed by atoms with Gasteiger partial charge in [0.05, 0.1) is 11.7 Å². The van der Waals surface area contributed by atoms with E-state index in [0.717, 1.165) is 11.3 Å². The molecular weight excluding hydrogens is 242 g/mol. The van der Waals surface area contributed by atoms with E-state index in [1.54, 1.807) is 0 Å². The third kappa shape index (κ3) is 1.76. The Kier molecular flexibility index (Phi) is 2.99. The van der Waals surface area contributed by atoms with Gasteiger partial charge < -0.3 is 11.1 Å². The van der Waals surface area contributed by atoms with Gasteiger partial charge in [-0.25, -0.2) is 0 Å². The third-order valence-corrected chi connectivity index (χ3v) is 3.29. The van der Waals surface area contributed by atoms with Crippen LogP contribution in [-0.2, 0) is 15.2 Å². The van der Waals surface area contributed by atoms with Crippen LogP contribution >= 0.6 is 12.4 Å². The minimum Gasteiger partial charge on any atom is -0.368 e. The van der Waals surface area contributed by atoms with Gasteiger partial charge in [-0.05, 0) is 6.07 Å². The summed E-state index contributed by atoms with van der Waals surface area (Å²) in [4.78, 5) is 16.8. The summed E-state index contributed by atoms with van der Waals surface area (Å²) >= 11 is 0. The van der Waals surface area contributed by atoms with Crippen molar-refractivity contribution in [3.8, 4) is 0 Å². The summed E-state index contributed by atoms with van der Waals surface area (Å²) in [5.74, 6) is -0.329. The summed E-state index contributed by atoms with van der Waals surface area (Å²) in [6, 6.07) is 7.58. The molecule has 1 saturated heterocycles. The summed E-state index contributed by atoms with van der Waals surface area (Å²) in [6.07, 6.45) is 0.576. The largest absolute Gasteiger partial charge is 0.368 e. The van der Waals surface area contributed by atoms with Crippen LogP contribution in [0, 0.1) is 0 Å². The molecule has 2 aliphatic rings. The van der Waals surface area contributed by atoms with Gasteiger partial charge in [-0.3, -0.25) is 15.1 Å². The molecule has 1 aromatic carbocycles. The van der Waals surface area contributed by atoms with E-state index in [2.05, 4.69) is 10.8 Å². The second kappa shape index (κ2) is 4.18. The van der Waals surface area contributed by atoms with E-state index in [0.29, 0.717) is 13.0 Å². The number of anilines is 1. The molecule has 92 valence electrons. The van der Waals surface area contributed by atoms with Crippen LogP contribution in [0.25, 0.3) is 0 Å². The zero-order valence-corrected chi connectivity index (χ0v) is 9.92. The normalized spacial score (nSPS) is 29.5. The summed E-state index contributed by atoms with van der Waals surface area (Å²) in [5.41, 5.74) is 9.80. The number of halogens is 1. The van der Waals surface area contributed by atoms with Gasteiger partial charge in [0.15, 0.2) is 0 Å². The Morgan fingerprint density at radius 1 is 1.47 bits per heavy atom. The Balaban J connectivity index is 0.00000108. The van der Waals surface area contributed by atoms with E-state index in [1.807, 2.05) is 24.3 Å². The maximum atomic E-state index is 11.1. The van der Waals surface area contributed by atoms with Crippen molar-refractivity contribution in [1.82, 2.24) is 5.32 Å². The molecule has 6 heteroatoms. The highest BCUT2D eigenvalue weighted by molar-refractivity contribution is 5.85. The standard InChI is InChI=1S/C11H13N3O2.ClH/c12-10(15)9-5-11(6-13-9)7-3-1-2-4-8(7)14-16-11;/h1-4,9,13-14H,5-6H2,(H2,12,15);1H/t9-,11-;/m0./s1. The summed E-state index contributed by atoms with van der Waals surface area (Å²) in [7, 11) is 0. The van der Waals surface area contributed by atoms with Gasteiger partial charge in [-0.2, -0.15) is 0 Å². The van der Waals surface area contributed by atoms with Gasteiger partial charge in [0.2, 0.25) is 5.91 Å². The number of amides is 1. The Labute approximate surface area is 105 Å². The van der Waals surface area contributed by atoms with Crippen LogP contribution in [-0.4, -0.2) is 18.5 Å². The first-order chi connectivity index (χ1) is 7.71. The number of hydrogen-bond acceptors (Lipinski definition) is 4.